The van der Waals surface area contributed by atoms with Crippen LogP contribution in [-0.2, 0) is 4.74 Å². The molecular weight excluding hydrogens is 274 g/mol. The standard InChI is InChI=1S/C13H19N5O3/c1-2-21-13(20)18-5-3-17(4-6-18)12-10(11(15)19)7-9(14)8-16-12/h7-8H,2-6,14H2,1H3,(H2,15,19). The third-order valence-corrected chi connectivity index (χ3v) is 3.26. The molecule has 2 amide bonds. The van der Waals surface area contributed by atoms with Crippen LogP contribution in [0.1, 0.15) is 17.3 Å². The summed E-state index contributed by atoms with van der Waals surface area (Å²) in [6.07, 6.45) is 1.16. The summed E-state index contributed by atoms with van der Waals surface area (Å²) in [4.78, 5) is 30.9. The predicted octanol–water partition coefficient (Wildman–Crippen LogP) is 0.0412. The Bertz CT molecular complexity index is 541. The van der Waals surface area contributed by atoms with E-state index in [2.05, 4.69) is 4.98 Å². The number of hydrogen-bond acceptors (Lipinski definition) is 6. The van der Waals surface area contributed by atoms with Gasteiger partial charge in [-0.3, -0.25) is 4.79 Å². The first-order valence-corrected chi connectivity index (χ1v) is 6.75. The van der Waals surface area contributed by atoms with E-state index in [1.807, 2.05) is 4.90 Å². The number of primary amides is 1. The van der Waals surface area contributed by atoms with Crippen LogP contribution < -0.4 is 16.4 Å². The normalized spacial score (nSPS) is 14.9. The highest BCUT2D eigenvalue weighted by Gasteiger charge is 2.25. The summed E-state index contributed by atoms with van der Waals surface area (Å²) >= 11 is 0. The van der Waals surface area contributed by atoms with Crippen LogP contribution in [0, 0.1) is 0 Å². The number of hydrogen-bond donors (Lipinski definition) is 2. The minimum Gasteiger partial charge on any atom is -0.450 e. The van der Waals surface area contributed by atoms with E-state index in [0.29, 0.717) is 49.9 Å². The Morgan fingerprint density at radius 3 is 2.57 bits per heavy atom. The number of pyridine rings is 1. The summed E-state index contributed by atoms with van der Waals surface area (Å²) < 4.78 is 4.96. The van der Waals surface area contributed by atoms with Gasteiger partial charge >= 0.3 is 6.09 Å². The van der Waals surface area contributed by atoms with E-state index in [1.54, 1.807) is 11.8 Å². The average Bonchev–Trinajstić information content (AvgIpc) is 2.47. The molecule has 0 bridgehead atoms. The summed E-state index contributed by atoms with van der Waals surface area (Å²) in [6.45, 7) is 4.23. The molecule has 1 aliphatic rings. The van der Waals surface area contributed by atoms with E-state index < -0.39 is 5.91 Å². The smallest absolute Gasteiger partial charge is 0.409 e. The highest BCUT2D eigenvalue weighted by Crippen LogP contribution is 2.21. The highest BCUT2D eigenvalue weighted by atomic mass is 16.6. The van der Waals surface area contributed by atoms with Gasteiger partial charge in [0.05, 0.1) is 24.1 Å². The van der Waals surface area contributed by atoms with Crippen LogP contribution >= 0.6 is 0 Å². The highest BCUT2D eigenvalue weighted by molar-refractivity contribution is 5.98. The number of rotatable bonds is 3. The zero-order chi connectivity index (χ0) is 15.4. The Labute approximate surface area is 122 Å². The molecule has 0 aliphatic carbocycles. The Morgan fingerprint density at radius 2 is 2.00 bits per heavy atom. The molecule has 114 valence electrons. The second-order valence-electron chi connectivity index (χ2n) is 4.68. The van der Waals surface area contributed by atoms with Crippen molar-refractivity contribution in [3.05, 3.63) is 17.8 Å². The van der Waals surface area contributed by atoms with E-state index in [1.165, 1.54) is 12.3 Å². The van der Waals surface area contributed by atoms with Crippen molar-refractivity contribution in [1.82, 2.24) is 9.88 Å². The molecule has 1 fully saturated rings. The fourth-order valence-electron chi connectivity index (χ4n) is 2.22. The van der Waals surface area contributed by atoms with Crippen molar-refractivity contribution >= 4 is 23.5 Å². The van der Waals surface area contributed by atoms with Gasteiger partial charge in [0.25, 0.3) is 5.91 Å². The molecule has 0 aromatic carbocycles. The molecule has 1 aromatic rings. The van der Waals surface area contributed by atoms with Crippen molar-refractivity contribution < 1.29 is 14.3 Å². The number of ether oxygens (including phenoxy) is 1. The van der Waals surface area contributed by atoms with Crippen LogP contribution in [0.15, 0.2) is 12.3 Å². The van der Waals surface area contributed by atoms with Crippen molar-refractivity contribution in [2.24, 2.45) is 5.73 Å². The molecule has 2 heterocycles. The first kappa shape index (κ1) is 14.9. The van der Waals surface area contributed by atoms with Crippen LogP contribution in [0.2, 0.25) is 0 Å². The summed E-state index contributed by atoms with van der Waals surface area (Å²) in [5.41, 5.74) is 11.7. The molecule has 8 nitrogen and oxygen atoms in total. The van der Waals surface area contributed by atoms with Gasteiger partial charge in [0.1, 0.15) is 5.82 Å². The van der Waals surface area contributed by atoms with Crippen molar-refractivity contribution in [3.8, 4) is 0 Å². The van der Waals surface area contributed by atoms with Gasteiger partial charge in [-0.25, -0.2) is 9.78 Å². The van der Waals surface area contributed by atoms with Crippen LogP contribution in [0.4, 0.5) is 16.3 Å². The molecule has 1 aliphatic heterocycles. The van der Waals surface area contributed by atoms with Crippen molar-refractivity contribution in [1.29, 1.82) is 0 Å². The van der Waals surface area contributed by atoms with Crippen molar-refractivity contribution in [2.75, 3.05) is 43.4 Å². The zero-order valence-corrected chi connectivity index (χ0v) is 11.9. The minimum absolute atomic E-state index is 0.291. The van der Waals surface area contributed by atoms with E-state index >= 15 is 0 Å². The van der Waals surface area contributed by atoms with Gasteiger partial charge in [0, 0.05) is 26.2 Å². The van der Waals surface area contributed by atoms with Crippen molar-refractivity contribution in [2.45, 2.75) is 6.92 Å². The molecule has 21 heavy (non-hydrogen) atoms. The third-order valence-electron chi connectivity index (χ3n) is 3.26. The van der Waals surface area contributed by atoms with Gasteiger partial charge in [-0.05, 0) is 13.0 Å². The molecule has 4 N–H and O–H groups in total. The lowest BCUT2D eigenvalue weighted by Gasteiger charge is -2.35. The molecule has 0 radical (unpaired) electrons. The third kappa shape index (κ3) is 3.33. The predicted molar refractivity (Wildman–Crippen MR) is 78.0 cm³/mol. The Morgan fingerprint density at radius 1 is 1.33 bits per heavy atom. The first-order chi connectivity index (χ1) is 10.0. The quantitative estimate of drug-likeness (QED) is 0.813. The van der Waals surface area contributed by atoms with Crippen LogP contribution in [0.25, 0.3) is 0 Å². The molecule has 1 saturated heterocycles. The maximum atomic E-state index is 11.6. The summed E-state index contributed by atoms with van der Waals surface area (Å²) in [7, 11) is 0. The van der Waals surface area contributed by atoms with E-state index in [9.17, 15) is 9.59 Å². The van der Waals surface area contributed by atoms with E-state index in [4.69, 9.17) is 16.2 Å². The van der Waals surface area contributed by atoms with Crippen molar-refractivity contribution in [3.63, 3.8) is 0 Å². The van der Waals surface area contributed by atoms with Gasteiger partial charge in [-0.1, -0.05) is 0 Å². The number of carbonyl (C=O) groups excluding carboxylic acids is 2. The zero-order valence-electron chi connectivity index (χ0n) is 11.9. The maximum Gasteiger partial charge on any atom is 0.409 e. The monoisotopic (exact) mass is 293 g/mol. The largest absolute Gasteiger partial charge is 0.450 e. The Kier molecular flexibility index (Phi) is 4.46. The summed E-state index contributed by atoms with van der Waals surface area (Å²) in [6, 6.07) is 1.52. The lowest BCUT2D eigenvalue weighted by atomic mass is 10.2. The summed E-state index contributed by atoms with van der Waals surface area (Å²) in [5.74, 6) is -0.0715. The number of carbonyl (C=O) groups is 2. The van der Waals surface area contributed by atoms with Gasteiger partial charge in [0.15, 0.2) is 0 Å². The Balaban J connectivity index is 2.09. The first-order valence-electron chi connectivity index (χ1n) is 6.75. The number of nitrogens with two attached hydrogens (primary N) is 2. The molecule has 1 aromatic heterocycles. The van der Waals surface area contributed by atoms with E-state index in [-0.39, 0.29) is 6.09 Å². The van der Waals surface area contributed by atoms with Crippen LogP contribution in [0.3, 0.4) is 0 Å². The number of nitrogen functional groups attached to an aromatic ring is 1. The average molecular weight is 293 g/mol. The molecule has 0 unspecified atom stereocenters. The van der Waals surface area contributed by atoms with Gasteiger partial charge in [0.2, 0.25) is 0 Å². The molecule has 0 atom stereocenters. The fourth-order valence-corrected chi connectivity index (χ4v) is 2.22. The van der Waals surface area contributed by atoms with E-state index in [0.717, 1.165) is 0 Å². The van der Waals surface area contributed by atoms with Gasteiger partial charge in [-0.2, -0.15) is 0 Å². The SMILES string of the molecule is CCOC(=O)N1CCN(c2ncc(N)cc2C(N)=O)CC1. The lowest BCUT2D eigenvalue weighted by molar-refractivity contribution is 0.0994. The second-order valence-corrected chi connectivity index (χ2v) is 4.68. The maximum absolute atomic E-state index is 11.6. The molecular formula is C13H19N5O3. The number of anilines is 2. The van der Waals surface area contributed by atoms with Crippen LogP contribution in [0.5, 0.6) is 0 Å². The van der Waals surface area contributed by atoms with Gasteiger partial charge in [-0.15, -0.1) is 0 Å². The minimum atomic E-state index is -0.572. The topological polar surface area (TPSA) is 115 Å². The summed E-state index contributed by atoms with van der Waals surface area (Å²) in [5, 5.41) is 0. The molecule has 8 heteroatoms. The second kappa shape index (κ2) is 6.29. The molecule has 0 spiro atoms. The number of piperazine rings is 1. The number of nitrogens with zero attached hydrogens (tertiary/aromatic N) is 3. The lowest BCUT2D eigenvalue weighted by Crippen LogP contribution is -2.49. The molecule has 0 saturated carbocycles. The fraction of sp³-hybridized carbons (Fsp3) is 0.462. The number of amides is 2. The molecule has 2 rings (SSSR count). The van der Waals surface area contributed by atoms with Crippen LogP contribution in [-0.4, -0.2) is 54.7 Å². The number of aromatic nitrogens is 1. The Hall–Kier alpha value is -2.51. The van der Waals surface area contributed by atoms with Gasteiger partial charge < -0.3 is 26.0 Å².